The zero-order valence-electron chi connectivity index (χ0n) is 7.93. The summed E-state index contributed by atoms with van der Waals surface area (Å²) < 4.78 is 5.82. The first kappa shape index (κ1) is 8.89. The van der Waals surface area contributed by atoms with Gasteiger partial charge in [-0.15, -0.1) is 0 Å². The molecule has 1 nitrogen and oxygen atoms in total. The summed E-state index contributed by atoms with van der Waals surface area (Å²) in [6.07, 6.45) is 2.11. The van der Waals surface area contributed by atoms with Crippen LogP contribution in [-0.4, -0.2) is 5.60 Å². The molecule has 0 N–H and O–H groups in total. The monoisotopic (exact) mass is 196 g/mol. The van der Waals surface area contributed by atoms with Gasteiger partial charge in [-0.2, -0.15) is 0 Å². The number of halogens is 1. The Morgan fingerprint density at radius 1 is 1.38 bits per heavy atom. The minimum Gasteiger partial charge on any atom is -0.488 e. The molecule has 0 radical (unpaired) electrons. The zero-order valence-corrected chi connectivity index (χ0v) is 8.69. The van der Waals surface area contributed by atoms with Gasteiger partial charge in [0.1, 0.15) is 11.4 Å². The third-order valence-corrected chi connectivity index (χ3v) is 2.64. The van der Waals surface area contributed by atoms with Crippen LogP contribution in [0.15, 0.2) is 18.2 Å². The van der Waals surface area contributed by atoms with E-state index in [1.807, 2.05) is 18.2 Å². The first-order valence-electron chi connectivity index (χ1n) is 4.54. The molecule has 13 heavy (non-hydrogen) atoms. The molecule has 2 heteroatoms. The predicted molar refractivity (Wildman–Crippen MR) is 54.5 cm³/mol. The van der Waals surface area contributed by atoms with Crippen molar-refractivity contribution in [2.24, 2.45) is 0 Å². The van der Waals surface area contributed by atoms with Crippen molar-refractivity contribution in [1.82, 2.24) is 0 Å². The van der Waals surface area contributed by atoms with E-state index in [4.69, 9.17) is 16.3 Å². The largest absolute Gasteiger partial charge is 0.488 e. The SMILES string of the molecule is CC1(C)CCc2cc(Cl)ccc2O1. The highest BCUT2D eigenvalue weighted by molar-refractivity contribution is 6.30. The van der Waals surface area contributed by atoms with Crippen LogP contribution < -0.4 is 4.74 Å². The van der Waals surface area contributed by atoms with Crippen LogP contribution in [-0.2, 0) is 6.42 Å². The molecule has 70 valence electrons. The Hall–Kier alpha value is -0.690. The minimum absolute atomic E-state index is 0.0270. The number of ether oxygens (including phenoxy) is 1. The Labute approximate surface area is 83.7 Å². The van der Waals surface area contributed by atoms with Gasteiger partial charge >= 0.3 is 0 Å². The first-order chi connectivity index (χ1) is 6.07. The molecule has 1 aliphatic rings. The van der Waals surface area contributed by atoms with Gasteiger partial charge in [-0.1, -0.05) is 11.6 Å². The fourth-order valence-electron chi connectivity index (χ4n) is 1.63. The number of aryl methyl sites for hydroxylation is 1. The summed E-state index contributed by atoms with van der Waals surface area (Å²) in [4.78, 5) is 0. The molecule has 0 saturated heterocycles. The van der Waals surface area contributed by atoms with Crippen molar-refractivity contribution < 1.29 is 4.74 Å². The van der Waals surface area contributed by atoms with E-state index in [1.54, 1.807) is 0 Å². The Bertz CT molecular complexity index is 331. The molecule has 0 saturated carbocycles. The maximum absolute atomic E-state index is 5.89. The lowest BCUT2D eigenvalue weighted by atomic mass is 9.94. The molecule has 0 amide bonds. The van der Waals surface area contributed by atoms with E-state index in [1.165, 1.54) is 5.56 Å². The van der Waals surface area contributed by atoms with Gasteiger partial charge in [0.15, 0.2) is 0 Å². The molecular weight excluding hydrogens is 184 g/mol. The highest BCUT2D eigenvalue weighted by Gasteiger charge is 2.26. The summed E-state index contributed by atoms with van der Waals surface area (Å²) >= 11 is 5.89. The third-order valence-electron chi connectivity index (χ3n) is 2.41. The molecule has 1 aromatic rings. The van der Waals surface area contributed by atoms with E-state index in [-0.39, 0.29) is 5.60 Å². The number of hydrogen-bond donors (Lipinski definition) is 0. The second-order valence-electron chi connectivity index (χ2n) is 4.11. The molecule has 1 heterocycles. The van der Waals surface area contributed by atoms with Gasteiger partial charge < -0.3 is 4.74 Å². The summed E-state index contributed by atoms with van der Waals surface area (Å²) in [5.74, 6) is 0.987. The van der Waals surface area contributed by atoms with Crippen molar-refractivity contribution in [1.29, 1.82) is 0 Å². The van der Waals surface area contributed by atoms with Crippen molar-refractivity contribution in [3.05, 3.63) is 28.8 Å². The van der Waals surface area contributed by atoms with E-state index in [0.717, 1.165) is 23.6 Å². The highest BCUT2D eigenvalue weighted by atomic mass is 35.5. The van der Waals surface area contributed by atoms with Crippen LogP contribution >= 0.6 is 11.6 Å². The van der Waals surface area contributed by atoms with Gasteiger partial charge in [0.2, 0.25) is 0 Å². The van der Waals surface area contributed by atoms with Gasteiger partial charge in [-0.25, -0.2) is 0 Å². The second kappa shape index (κ2) is 2.91. The van der Waals surface area contributed by atoms with Crippen molar-refractivity contribution in [2.45, 2.75) is 32.3 Å². The van der Waals surface area contributed by atoms with E-state index in [2.05, 4.69) is 13.8 Å². The zero-order chi connectivity index (χ0) is 9.47. The lowest BCUT2D eigenvalue weighted by Gasteiger charge is -2.32. The number of fused-ring (bicyclic) bond motifs is 1. The minimum atomic E-state index is -0.0270. The van der Waals surface area contributed by atoms with Crippen LogP contribution in [0.1, 0.15) is 25.8 Å². The molecule has 0 spiro atoms. The molecule has 0 bridgehead atoms. The smallest absolute Gasteiger partial charge is 0.123 e. The second-order valence-corrected chi connectivity index (χ2v) is 4.55. The van der Waals surface area contributed by atoms with Crippen molar-refractivity contribution in [2.75, 3.05) is 0 Å². The van der Waals surface area contributed by atoms with Gasteiger partial charge in [0.05, 0.1) is 0 Å². The number of rotatable bonds is 0. The molecule has 2 rings (SSSR count). The van der Waals surface area contributed by atoms with E-state index in [9.17, 15) is 0 Å². The molecule has 1 aromatic carbocycles. The van der Waals surface area contributed by atoms with Gasteiger partial charge in [-0.05, 0) is 50.5 Å². The van der Waals surface area contributed by atoms with Crippen molar-refractivity contribution >= 4 is 11.6 Å². The topological polar surface area (TPSA) is 9.23 Å². The Balaban J connectivity index is 2.37. The summed E-state index contributed by atoms with van der Waals surface area (Å²) in [5.41, 5.74) is 1.20. The molecule has 0 aromatic heterocycles. The Morgan fingerprint density at radius 2 is 2.15 bits per heavy atom. The molecular formula is C11H13ClO. The van der Waals surface area contributed by atoms with Crippen LogP contribution in [0.4, 0.5) is 0 Å². The summed E-state index contributed by atoms with van der Waals surface area (Å²) in [7, 11) is 0. The lowest BCUT2D eigenvalue weighted by Crippen LogP contribution is -2.32. The first-order valence-corrected chi connectivity index (χ1v) is 4.92. The van der Waals surface area contributed by atoms with E-state index >= 15 is 0 Å². The Morgan fingerprint density at radius 3 is 2.92 bits per heavy atom. The number of hydrogen-bond acceptors (Lipinski definition) is 1. The highest BCUT2D eigenvalue weighted by Crippen LogP contribution is 2.34. The standard InChI is InChI=1S/C11H13ClO/c1-11(2)6-5-8-7-9(12)3-4-10(8)13-11/h3-4,7H,5-6H2,1-2H3. The molecule has 0 aliphatic carbocycles. The molecule has 0 fully saturated rings. The Kier molecular flexibility index (Phi) is 1.99. The quantitative estimate of drug-likeness (QED) is 0.618. The molecule has 0 atom stereocenters. The summed E-state index contributed by atoms with van der Waals surface area (Å²) in [5, 5.41) is 0.794. The fraction of sp³-hybridized carbons (Fsp3) is 0.455. The maximum atomic E-state index is 5.89. The van der Waals surface area contributed by atoms with Crippen molar-refractivity contribution in [3.63, 3.8) is 0 Å². The average molecular weight is 197 g/mol. The summed E-state index contributed by atoms with van der Waals surface area (Å²) in [6, 6.07) is 5.83. The van der Waals surface area contributed by atoms with E-state index in [0.29, 0.717) is 0 Å². The van der Waals surface area contributed by atoms with E-state index < -0.39 is 0 Å². The fourth-order valence-corrected chi connectivity index (χ4v) is 1.82. The third kappa shape index (κ3) is 1.80. The normalized spacial score (nSPS) is 19.0. The predicted octanol–water partition coefficient (Wildman–Crippen LogP) is 3.44. The molecule has 0 unspecified atom stereocenters. The van der Waals surface area contributed by atoms with Gasteiger partial charge in [-0.3, -0.25) is 0 Å². The maximum Gasteiger partial charge on any atom is 0.123 e. The average Bonchev–Trinajstić information content (AvgIpc) is 2.05. The van der Waals surface area contributed by atoms with Crippen LogP contribution in [0.2, 0.25) is 5.02 Å². The van der Waals surface area contributed by atoms with Crippen molar-refractivity contribution in [3.8, 4) is 5.75 Å². The van der Waals surface area contributed by atoms with Gasteiger partial charge in [0, 0.05) is 5.02 Å². The lowest BCUT2D eigenvalue weighted by molar-refractivity contribution is 0.0847. The van der Waals surface area contributed by atoms with Crippen LogP contribution in [0.3, 0.4) is 0 Å². The van der Waals surface area contributed by atoms with Crippen LogP contribution in [0, 0.1) is 0 Å². The molecule has 1 aliphatic heterocycles. The number of benzene rings is 1. The van der Waals surface area contributed by atoms with Crippen LogP contribution in [0.5, 0.6) is 5.75 Å². The summed E-state index contributed by atoms with van der Waals surface area (Å²) in [6.45, 7) is 4.23. The van der Waals surface area contributed by atoms with Crippen LogP contribution in [0.25, 0.3) is 0 Å². The van der Waals surface area contributed by atoms with Gasteiger partial charge in [0.25, 0.3) is 0 Å².